The fourth-order valence-electron chi connectivity index (χ4n) is 1.80. The van der Waals surface area contributed by atoms with Crippen LogP contribution in [0.1, 0.15) is 39.3 Å². The third kappa shape index (κ3) is 6.12. The fourth-order valence-corrected chi connectivity index (χ4v) is 1.80. The van der Waals surface area contributed by atoms with Gasteiger partial charge < -0.3 is 9.64 Å². The molecule has 5 heteroatoms. The normalized spacial score (nSPS) is 11.7. The fraction of sp³-hybridized carbons (Fsp3) is 0.846. The predicted octanol–water partition coefficient (Wildman–Crippen LogP) is 1.93. The first-order valence-electron chi connectivity index (χ1n) is 6.81. The van der Waals surface area contributed by atoms with Gasteiger partial charge in [0.2, 0.25) is 0 Å². The van der Waals surface area contributed by atoms with Crippen molar-refractivity contribution in [2.24, 2.45) is 0 Å². The Labute approximate surface area is 110 Å². The van der Waals surface area contributed by atoms with Crippen LogP contribution >= 0.6 is 0 Å². The molecule has 0 spiro atoms. The number of hydrogen-bond acceptors (Lipinski definition) is 4. The Bertz CT molecular complexity index is 325. The highest BCUT2D eigenvalue weighted by molar-refractivity contribution is 4.91. The third-order valence-corrected chi connectivity index (χ3v) is 2.61. The molecular weight excluding hydrogens is 228 g/mol. The van der Waals surface area contributed by atoms with Crippen LogP contribution in [0.2, 0.25) is 0 Å². The average Bonchev–Trinajstić information content (AvgIpc) is 2.72. The Morgan fingerprint density at radius 3 is 2.89 bits per heavy atom. The smallest absolute Gasteiger partial charge is 0.0967 e. The van der Waals surface area contributed by atoms with E-state index in [0.717, 1.165) is 44.8 Å². The van der Waals surface area contributed by atoms with Crippen LogP contribution in [0, 0.1) is 0 Å². The van der Waals surface area contributed by atoms with E-state index in [0.29, 0.717) is 6.10 Å². The molecule has 0 atom stereocenters. The second kappa shape index (κ2) is 8.21. The topological polar surface area (TPSA) is 43.2 Å². The molecule has 0 aliphatic heterocycles. The van der Waals surface area contributed by atoms with E-state index in [4.69, 9.17) is 4.74 Å². The van der Waals surface area contributed by atoms with Crippen molar-refractivity contribution < 1.29 is 4.74 Å². The standard InChI is InChI=1S/C13H26N4O/c1-5-7-16(4)10-13-11-17(15-14-13)8-6-9-18-12(2)3/h11-12H,5-10H2,1-4H3. The van der Waals surface area contributed by atoms with Gasteiger partial charge in [0, 0.05) is 25.9 Å². The third-order valence-electron chi connectivity index (χ3n) is 2.61. The lowest BCUT2D eigenvalue weighted by Gasteiger charge is -2.12. The summed E-state index contributed by atoms with van der Waals surface area (Å²) in [7, 11) is 2.11. The molecule has 18 heavy (non-hydrogen) atoms. The van der Waals surface area contributed by atoms with Crippen molar-refractivity contribution in [3.8, 4) is 0 Å². The molecule has 0 saturated heterocycles. The molecule has 1 aromatic heterocycles. The molecule has 0 N–H and O–H groups in total. The number of nitrogens with zero attached hydrogens (tertiary/aromatic N) is 4. The Morgan fingerprint density at radius 1 is 1.44 bits per heavy atom. The van der Waals surface area contributed by atoms with E-state index in [1.807, 2.05) is 10.9 Å². The highest BCUT2D eigenvalue weighted by atomic mass is 16.5. The van der Waals surface area contributed by atoms with Gasteiger partial charge in [0.1, 0.15) is 0 Å². The van der Waals surface area contributed by atoms with Gasteiger partial charge in [-0.2, -0.15) is 0 Å². The van der Waals surface area contributed by atoms with Crippen LogP contribution in [0.15, 0.2) is 6.20 Å². The van der Waals surface area contributed by atoms with Gasteiger partial charge >= 0.3 is 0 Å². The van der Waals surface area contributed by atoms with Crippen LogP contribution in [0.3, 0.4) is 0 Å². The summed E-state index contributed by atoms with van der Waals surface area (Å²) in [5, 5.41) is 8.31. The van der Waals surface area contributed by atoms with Gasteiger partial charge in [-0.15, -0.1) is 5.10 Å². The minimum absolute atomic E-state index is 0.305. The zero-order valence-electron chi connectivity index (χ0n) is 12.1. The molecule has 0 amide bonds. The van der Waals surface area contributed by atoms with Gasteiger partial charge in [0.25, 0.3) is 0 Å². The lowest BCUT2D eigenvalue weighted by Crippen LogP contribution is -2.18. The summed E-state index contributed by atoms with van der Waals surface area (Å²) < 4.78 is 7.40. The molecule has 5 nitrogen and oxygen atoms in total. The van der Waals surface area contributed by atoms with Crippen LogP contribution in [0.4, 0.5) is 0 Å². The van der Waals surface area contributed by atoms with Crippen LogP contribution in [-0.2, 0) is 17.8 Å². The van der Waals surface area contributed by atoms with Crippen molar-refractivity contribution in [3.05, 3.63) is 11.9 Å². The predicted molar refractivity (Wildman–Crippen MR) is 72.4 cm³/mol. The van der Waals surface area contributed by atoms with Gasteiger partial charge in [-0.1, -0.05) is 12.1 Å². The average molecular weight is 254 g/mol. The molecule has 0 aliphatic carbocycles. The summed E-state index contributed by atoms with van der Waals surface area (Å²) in [4.78, 5) is 2.26. The maximum atomic E-state index is 5.50. The SMILES string of the molecule is CCCN(C)Cc1cn(CCCOC(C)C)nn1. The first-order valence-corrected chi connectivity index (χ1v) is 6.81. The lowest BCUT2D eigenvalue weighted by atomic mass is 10.4. The van der Waals surface area contributed by atoms with Gasteiger partial charge in [0.05, 0.1) is 11.8 Å². The minimum Gasteiger partial charge on any atom is -0.379 e. The van der Waals surface area contributed by atoms with Crippen molar-refractivity contribution in [2.45, 2.75) is 52.8 Å². The van der Waals surface area contributed by atoms with E-state index in [9.17, 15) is 0 Å². The van der Waals surface area contributed by atoms with Crippen molar-refractivity contribution in [1.82, 2.24) is 19.9 Å². The summed E-state index contributed by atoms with van der Waals surface area (Å²) >= 11 is 0. The van der Waals surface area contributed by atoms with E-state index in [1.54, 1.807) is 0 Å². The number of aromatic nitrogens is 3. The summed E-state index contributed by atoms with van der Waals surface area (Å²) in [6.45, 7) is 9.90. The minimum atomic E-state index is 0.305. The van der Waals surface area contributed by atoms with Gasteiger partial charge in [-0.05, 0) is 40.3 Å². The molecule has 0 aromatic carbocycles. The Balaban J connectivity index is 2.25. The van der Waals surface area contributed by atoms with E-state index >= 15 is 0 Å². The molecular formula is C13H26N4O. The van der Waals surface area contributed by atoms with Crippen LogP contribution in [-0.4, -0.2) is 46.2 Å². The summed E-state index contributed by atoms with van der Waals surface area (Å²) in [5.74, 6) is 0. The highest BCUT2D eigenvalue weighted by Gasteiger charge is 2.04. The summed E-state index contributed by atoms with van der Waals surface area (Å²) in [6.07, 6.45) is 4.48. The number of rotatable bonds is 9. The van der Waals surface area contributed by atoms with Crippen molar-refractivity contribution >= 4 is 0 Å². The lowest BCUT2D eigenvalue weighted by molar-refractivity contribution is 0.0742. The van der Waals surface area contributed by atoms with Crippen molar-refractivity contribution in [1.29, 1.82) is 0 Å². The molecule has 0 aliphatic rings. The van der Waals surface area contributed by atoms with Crippen molar-refractivity contribution in [3.63, 3.8) is 0 Å². The molecule has 0 radical (unpaired) electrons. The highest BCUT2D eigenvalue weighted by Crippen LogP contribution is 2.00. The molecule has 0 bridgehead atoms. The number of ether oxygens (including phenoxy) is 1. The molecule has 1 heterocycles. The Kier molecular flexibility index (Phi) is 6.90. The van der Waals surface area contributed by atoms with Crippen LogP contribution < -0.4 is 0 Å². The monoisotopic (exact) mass is 254 g/mol. The van der Waals surface area contributed by atoms with E-state index in [-0.39, 0.29) is 0 Å². The van der Waals surface area contributed by atoms with E-state index < -0.39 is 0 Å². The molecule has 104 valence electrons. The van der Waals surface area contributed by atoms with Crippen LogP contribution in [0.5, 0.6) is 0 Å². The molecule has 1 rings (SSSR count). The maximum Gasteiger partial charge on any atom is 0.0967 e. The number of hydrogen-bond donors (Lipinski definition) is 0. The molecule has 1 aromatic rings. The first-order chi connectivity index (χ1) is 8.61. The quantitative estimate of drug-likeness (QED) is 0.632. The summed E-state index contributed by atoms with van der Waals surface area (Å²) in [5.41, 5.74) is 1.04. The van der Waals surface area contributed by atoms with Crippen molar-refractivity contribution in [2.75, 3.05) is 20.2 Å². The summed E-state index contributed by atoms with van der Waals surface area (Å²) in [6, 6.07) is 0. The van der Waals surface area contributed by atoms with Crippen LogP contribution in [0.25, 0.3) is 0 Å². The van der Waals surface area contributed by atoms with E-state index in [2.05, 4.69) is 43.0 Å². The molecule has 0 saturated carbocycles. The second-order valence-corrected chi connectivity index (χ2v) is 4.98. The zero-order chi connectivity index (χ0) is 13.4. The second-order valence-electron chi connectivity index (χ2n) is 4.98. The molecule has 0 unspecified atom stereocenters. The zero-order valence-corrected chi connectivity index (χ0v) is 12.1. The number of aryl methyl sites for hydroxylation is 1. The largest absolute Gasteiger partial charge is 0.379 e. The molecule has 0 fully saturated rings. The maximum absolute atomic E-state index is 5.50. The Hall–Kier alpha value is -0.940. The van der Waals surface area contributed by atoms with Gasteiger partial charge in [-0.3, -0.25) is 4.68 Å². The van der Waals surface area contributed by atoms with E-state index in [1.165, 1.54) is 0 Å². The van der Waals surface area contributed by atoms with Gasteiger partial charge in [-0.25, -0.2) is 0 Å². The van der Waals surface area contributed by atoms with Gasteiger partial charge in [0.15, 0.2) is 0 Å². The Morgan fingerprint density at radius 2 is 2.22 bits per heavy atom. The first kappa shape index (κ1) is 15.1.